The second-order valence-electron chi connectivity index (χ2n) is 4.21. The molecule has 0 radical (unpaired) electrons. The molecule has 0 spiro atoms. The Morgan fingerprint density at radius 2 is 2.16 bits per heavy atom. The molecule has 0 aliphatic rings. The van der Waals surface area contributed by atoms with Gasteiger partial charge in [-0.2, -0.15) is 0 Å². The lowest BCUT2D eigenvalue weighted by Gasteiger charge is -2.12. The molecule has 1 amide bonds. The van der Waals surface area contributed by atoms with Crippen LogP contribution in [0.4, 0.5) is 0 Å². The van der Waals surface area contributed by atoms with Gasteiger partial charge < -0.3 is 15.5 Å². The molecule has 0 saturated heterocycles. The third kappa shape index (κ3) is 3.03. The van der Waals surface area contributed by atoms with E-state index in [4.69, 9.17) is 0 Å². The number of nitrogens with zero attached hydrogens (tertiary/aromatic N) is 1. The smallest absolute Gasteiger partial charge is 0.255 e. The first-order valence-corrected chi connectivity index (χ1v) is 6.54. The van der Waals surface area contributed by atoms with Gasteiger partial charge in [-0.05, 0) is 32.0 Å². The largest absolute Gasteiger partial charge is 0.508 e. The van der Waals surface area contributed by atoms with Gasteiger partial charge in [-0.1, -0.05) is 0 Å². The van der Waals surface area contributed by atoms with E-state index < -0.39 is 5.91 Å². The maximum Gasteiger partial charge on any atom is 0.255 e. The fourth-order valence-corrected chi connectivity index (χ4v) is 2.39. The summed E-state index contributed by atoms with van der Waals surface area (Å²) >= 11 is 1.50. The number of amides is 1. The Bertz CT molecular complexity index is 610. The Hall–Kier alpha value is -2.08. The fraction of sp³-hybridized carbons (Fsp3) is 0.231. The number of hydrogen-bond acceptors (Lipinski definition) is 5. The molecule has 0 saturated carbocycles. The maximum absolute atomic E-state index is 12.0. The van der Waals surface area contributed by atoms with Gasteiger partial charge in [0, 0.05) is 11.1 Å². The molecule has 0 fully saturated rings. The lowest BCUT2D eigenvalue weighted by Crippen LogP contribution is -2.26. The Morgan fingerprint density at radius 1 is 1.42 bits per heavy atom. The lowest BCUT2D eigenvalue weighted by atomic mass is 10.1. The van der Waals surface area contributed by atoms with E-state index in [9.17, 15) is 15.0 Å². The van der Waals surface area contributed by atoms with Crippen LogP contribution < -0.4 is 5.32 Å². The number of aryl methyl sites for hydroxylation is 1. The Morgan fingerprint density at radius 3 is 2.79 bits per heavy atom. The number of benzene rings is 1. The van der Waals surface area contributed by atoms with Crippen LogP contribution in [0.2, 0.25) is 0 Å². The van der Waals surface area contributed by atoms with Gasteiger partial charge in [0.05, 0.1) is 11.6 Å². The zero-order valence-electron chi connectivity index (χ0n) is 10.5. The van der Waals surface area contributed by atoms with Gasteiger partial charge in [0.25, 0.3) is 5.91 Å². The summed E-state index contributed by atoms with van der Waals surface area (Å²) in [4.78, 5) is 17.3. The van der Waals surface area contributed by atoms with Crippen LogP contribution in [-0.2, 0) is 0 Å². The SMILES string of the molecule is Cc1cnc(C(C)NC(=O)c2cc(O)ccc2O)s1. The van der Waals surface area contributed by atoms with Crippen LogP contribution in [0, 0.1) is 6.92 Å². The minimum atomic E-state index is -0.450. The first-order chi connectivity index (χ1) is 8.97. The molecular formula is C13H14N2O3S. The Kier molecular flexibility index (Phi) is 3.71. The third-order valence-corrected chi connectivity index (χ3v) is 3.68. The summed E-state index contributed by atoms with van der Waals surface area (Å²) in [6.45, 7) is 3.76. The molecular weight excluding hydrogens is 264 g/mol. The van der Waals surface area contributed by atoms with E-state index in [0.29, 0.717) is 0 Å². The summed E-state index contributed by atoms with van der Waals surface area (Å²) < 4.78 is 0. The number of aromatic nitrogens is 1. The van der Waals surface area contributed by atoms with Crippen LogP contribution in [0.15, 0.2) is 24.4 Å². The number of hydrogen-bond donors (Lipinski definition) is 3. The van der Waals surface area contributed by atoms with E-state index in [2.05, 4.69) is 10.3 Å². The number of carbonyl (C=O) groups is 1. The van der Waals surface area contributed by atoms with Gasteiger partial charge in [0.2, 0.25) is 0 Å². The zero-order valence-corrected chi connectivity index (χ0v) is 11.4. The van der Waals surface area contributed by atoms with Crippen molar-refractivity contribution in [2.75, 3.05) is 0 Å². The molecule has 2 rings (SSSR count). The topological polar surface area (TPSA) is 82.5 Å². The highest BCUT2D eigenvalue weighted by Crippen LogP contribution is 2.24. The lowest BCUT2D eigenvalue weighted by molar-refractivity contribution is 0.0936. The van der Waals surface area contributed by atoms with Crippen molar-refractivity contribution in [3.63, 3.8) is 0 Å². The Balaban J connectivity index is 2.15. The Labute approximate surface area is 114 Å². The average Bonchev–Trinajstić information content (AvgIpc) is 2.79. The van der Waals surface area contributed by atoms with E-state index in [0.717, 1.165) is 9.88 Å². The van der Waals surface area contributed by atoms with Gasteiger partial charge in [0.1, 0.15) is 16.5 Å². The number of phenols is 2. The van der Waals surface area contributed by atoms with Gasteiger partial charge in [-0.15, -0.1) is 11.3 Å². The van der Waals surface area contributed by atoms with Crippen molar-refractivity contribution in [1.82, 2.24) is 10.3 Å². The van der Waals surface area contributed by atoms with Crippen LogP contribution in [0.1, 0.15) is 33.2 Å². The number of carbonyl (C=O) groups excluding carboxylic acids is 1. The van der Waals surface area contributed by atoms with E-state index in [-0.39, 0.29) is 23.1 Å². The highest BCUT2D eigenvalue weighted by molar-refractivity contribution is 7.11. The van der Waals surface area contributed by atoms with Crippen molar-refractivity contribution in [1.29, 1.82) is 0 Å². The summed E-state index contributed by atoms with van der Waals surface area (Å²) in [5.41, 5.74) is 0.0418. The monoisotopic (exact) mass is 278 g/mol. The standard InChI is InChI=1S/C13H14N2O3S/c1-7-6-14-13(19-7)8(2)15-12(18)10-5-9(16)3-4-11(10)17/h3-6,8,16-17H,1-2H3,(H,15,18). The van der Waals surface area contributed by atoms with Crippen LogP contribution in [-0.4, -0.2) is 21.1 Å². The molecule has 0 bridgehead atoms. The predicted octanol–water partition coefficient (Wildman–Crippen LogP) is 2.35. The minimum absolute atomic E-state index is 0.0418. The van der Waals surface area contributed by atoms with E-state index in [1.54, 1.807) is 6.20 Å². The van der Waals surface area contributed by atoms with Crippen molar-refractivity contribution < 1.29 is 15.0 Å². The van der Waals surface area contributed by atoms with Crippen LogP contribution in [0.25, 0.3) is 0 Å². The highest BCUT2D eigenvalue weighted by Gasteiger charge is 2.17. The number of aromatic hydroxyl groups is 2. The molecule has 19 heavy (non-hydrogen) atoms. The molecule has 1 heterocycles. The van der Waals surface area contributed by atoms with Crippen LogP contribution in [0.3, 0.4) is 0 Å². The van der Waals surface area contributed by atoms with Crippen molar-refractivity contribution in [2.45, 2.75) is 19.9 Å². The molecule has 0 aliphatic carbocycles. The molecule has 5 nitrogen and oxygen atoms in total. The van der Waals surface area contributed by atoms with E-state index in [1.807, 2.05) is 13.8 Å². The average molecular weight is 278 g/mol. The summed E-state index contributed by atoms with van der Waals surface area (Å²) in [6.07, 6.45) is 1.74. The van der Waals surface area contributed by atoms with E-state index in [1.165, 1.54) is 29.5 Å². The van der Waals surface area contributed by atoms with Crippen molar-refractivity contribution in [3.05, 3.63) is 39.8 Å². The normalized spacial score (nSPS) is 12.1. The van der Waals surface area contributed by atoms with Crippen LogP contribution >= 0.6 is 11.3 Å². The summed E-state index contributed by atoms with van der Waals surface area (Å²) in [7, 11) is 0. The number of thiazole rings is 1. The summed E-state index contributed by atoms with van der Waals surface area (Å²) in [5.74, 6) is -0.688. The van der Waals surface area contributed by atoms with Crippen molar-refractivity contribution in [2.24, 2.45) is 0 Å². The fourth-order valence-electron chi connectivity index (χ4n) is 1.61. The van der Waals surface area contributed by atoms with E-state index >= 15 is 0 Å². The number of nitrogens with one attached hydrogen (secondary N) is 1. The number of phenolic OH excluding ortho intramolecular Hbond substituents is 2. The molecule has 1 atom stereocenters. The zero-order chi connectivity index (χ0) is 14.0. The molecule has 1 unspecified atom stereocenters. The summed E-state index contributed by atoms with van der Waals surface area (Å²) in [5, 5.41) is 22.5. The number of rotatable bonds is 3. The molecule has 2 aromatic rings. The second kappa shape index (κ2) is 5.27. The molecule has 3 N–H and O–H groups in total. The van der Waals surface area contributed by atoms with Gasteiger partial charge >= 0.3 is 0 Å². The molecule has 1 aromatic carbocycles. The van der Waals surface area contributed by atoms with Gasteiger partial charge in [0.15, 0.2) is 0 Å². The highest BCUT2D eigenvalue weighted by atomic mass is 32.1. The summed E-state index contributed by atoms with van der Waals surface area (Å²) in [6, 6.07) is 3.57. The molecule has 0 aliphatic heterocycles. The molecule has 1 aromatic heterocycles. The predicted molar refractivity (Wildman–Crippen MR) is 72.5 cm³/mol. The third-order valence-electron chi connectivity index (χ3n) is 2.58. The maximum atomic E-state index is 12.0. The quantitative estimate of drug-likeness (QED) is 0.753. The molecule has 6 heteroatoms. The second-order valence-corrected chi connectivity index (χ2v) is 5.47. The van der Waals surface area contributed by atoms with Gasteiger partial charge in [-0.25, -0.2) is 4.98 Å². The van der Waals surface area contributed by atoms with Crippen molar-refractivity contribution in [3.8, 4) is 11.5 Å². The van der Waals surface area contributed by atoms with Gasteiger partial charge in [-0.3, -0.25) is 4.79 Å². The van der Waals surface area contributed by atoms with Crippen LogP contribution in [0.5, 0.6) is 11.5 Å². The first-order valence-electron chi connectivity index (χ1n) is 5.72. The minimum Gasteiger partial charge on any atom is -0.508 e. The first kappa shape index (κ1) is 13.4. The van der Waals surface area contributed by atoms with Crippen molar-refractivity contribution >= 4 is 17.2 Å². The molecule has 100 valence electrons.